The number of hydrogen-bond donors (Lipinski definition) is 4. The lowest BCUT2D eigenvalue weighted by atomic mass is 10.2. The summed E-state index contributed by atoms with van der Waals surface area (Å²) in [6, 6.07) is 4.62. The number of nitrogens with one attached hydrogen (secondary N) is 2. The standard InChI is InChI=1S/C13H15ClN2O5/c1-7(17)11(13(20)21)16-10(18)6-15-12(19)8-2-4-9(14)5-3-8/h2-5,7,11,17H,6H2,1H3,(H,15,19)(H,16,18)(H,20,21). The minimum atomic E-state index is -1.43. The Hall–Kier alpha value is -2.12. The normalized spacial score (nSPS) is 13.1. The number of carboxylic acids is 1. The van der Waals surface area contributed by atoms with Gasteiger partial charge in [-0.2, -0.15) is 0 Å². The van der Waals surface area contributed by atoms with Crippen molar-refractivity contribution in [3.05, 3.63) is 34.9 Å². The van der Waals surface area contributed by atoms with Crippen LogP contribution >= 0.6 is 11.6 Å². The summed E-state index contributed by atoms with van der Waals surface area (Å²) in [4.78, 5) is 34.0. The lowest BCUT2D eigenvalue weighted by Crippen LogP contribution is -2.50. The van der Waals surface area contributed by atoms with Crippen molar-refractivity contribution in [2.45, 2.75) is 19.1 Å². The van der Waals surface area contributed by atoms with E-state index in [1.807, 2.05) is 0 Å². The SMILES string of the molecule is CC(O)C(NC(=O)CNC(=O)c1ccc(Cl)cc1)C(=O)O. The molecule has 7 nitrogen and oxygen atoms in total. The maximum atomic E-state index is 11.7. The highest BCUT2D eigenvalue weighted by Gasteiger charge is 2.24. The van der Waals surface area contributed by atoms with Crippen molar-refractivity contribution in [1.29, 1.82) is 0 Å². The van der Waals surface area contributed by atoms with E-state index in [2.05, 4.69) is 10.6 Å². The first-order chi connectivity index (χ1) is 9.81. The van der Waals surface area contributed by atoms with Crippen molar-refractivity contribution in [3.8, 4) is 0 Å². The van der Waals surface area contributed by atoms with Crippen LogP contribution in [0.3, 0.4) is 0 Å². The molecule has 1 rings (SSSR count). The van der Waals surface area contributed by atoms with E-state index in [-0.39, 0.29) is 0 Å². The fourth-order valence-corrected chi connectivity index (χ4v) is 1.60. The molecule has 0 aliphatic rings. The van der Waals surface area contributed by atoms with Crippen LogP contribution in [-0.4, -0.2) is 46.7 Å². The van der Waals surface area contributed by atoms with Gasteiger partial charge in [-0.25, -0.2) is 4.79 Å². The highest BCUT2D eigenvalue weighted by molar-refractivity contribution is 6.30. The number of carboxylic acid groups (broad SMARTS) is 1. The van der Waals surface area contributed by atoms with E-state index in [9.17, 15) is 19.5 Å². The van der Waals surface area contributed by atoms with Crippen LogP contribution in [-0.2, 0) is 9.59 Å². The van der Waals surface area contributed by atoms with Gasteiger partial charge in [0.2, 0.25) is 5.91 Å². The van der Waals surface area contributed by atoms with Crippen molar-refractivity contribution in [2.75, 3.05) is 6.54 Å². The van der Waals surface area contributed by atoms with Crippen molar-refractivity contribution >= 4 is 29.4 Å². The lowest BCUT2D eigenvalue weighted by Gasteiger charge is -2.17. The number of rotatable bonds is 6. The number of benzene rings is 1. The number of amides is 2. The van der Waals surface area contributed by atoms with Crippen LogP contribution in [0.1, 0.15) is 17.3 Å². The van der Waals surface area contributed by atoms with Crippen molar-refractivity contribution < 1.29 is 24.6 Å². The van der Waals surface area contributed by atoms with Gasteiger partial charge in [0.1, 0.15) is 0 Å². The molecule has 1 aromatic carbocycles. The molecule has 1 aromatic rings. The summed E-state index contributed by atoms with van der Waals surface area (Å²) < 4.78 is 0. The van der Waals surface area contributed by atoms with Gasteiger partial charge in [-0.1, -0.05) is 11.6 Å². The molecule has 2 amide bonds. The molecule has 21 heavy (non-hydrogen) atoms. The third-order valence-electron chi connectivity index (χ3n) is 2.58. The summed E-state index contributed by atoms with van der Waals surface area (Å²) in [6.45, 7) is 0.837. The molecule has 4 N–H and O–H groups in total. The fourth-order valence-electron chi connectivity index (χ4n) is 1.48. The summed E-state index contributed by atoms with van der Waals surface area (Å²) in [6.07, 6.45) is -1.25. The molecular weight excluding hydrogens is 300 g/mol. The minimum Gasteiger partial charge on any atom is -0.480 e. The predicted molar refractivity (Wildman–Crippen MR) is 75.0 cm³/mol. The average molecular weight is 315 g/mol. The Morgan fingerprint density at radius 3 is 2.29 bits per heavy atom. The van der Waals surface area contributed by atoms with Gasteiger partial charge in [-0.15, -0.1) is 0 Å². The van der Waals surface area contributed by atoms with Gasteiger partial charge in [0, 0.05) is 10.6 Å². The molecule has 0 fully saturated rings. The molecule has 0 aromatic heterocycles. The smallest absolute Gasteiger partial charge is 0.328 e. The molecule has 0 radical (unpaired) electrons. The lowest BCUT2D eigenvalue weighted by molar-refractivity contribution is -0.144. The van der Waals surface area contributed by atoms with Gasteiger partial charge in [0.05, 0.1) is 12.6 Å². The van der Waals surface area contributed by atoms with Crippen LogP contribution in [0.2, 0.25) is 5.02 Å². The highest BCUT2D eigenvalue weighted by Crippen LogP contribution is 2.09. The van der Waals surface area contributed by atoms with Gasteiger partial charge in [-0.05, 0) is 31.2 Å². The van der Waals surface area contributed by atoms with Gasteiger partial charge in [0.25, 0.3) is 5.91 Å². The Balaban J connectivity index is 2.51. The first-order valence-corrected chi connectivity index (χ1v) is 6.43. The van der Waals surface area contributed by atoms with Crippen LogP contribution in [0, 0.1) is 0 Å². The molecular formula is C13H15ClN2O5. The van der Waals surface area contributed by atoms with Crippen molar-refractivity contribution in [2.24, 2.45) is 0 Å². The first-order valence-electron chi connectivity index (χ1n) is 6.05. The number of aliphatic hydroxyl groups excluding tert-OH is 1. The Kier molecular flexibility index (Phi) is 6.13. The maximum absolute atomic E-state index is 11.7. The van der Waals surface area contributed by atoms with E-state index < -0.39 is 36.5 Å². The minimum absolute atomic E-state index is 0.317. The molecule has 0 bridgehead atoms. The second-order valence-corrected chi connectivity index (χ2v) is 4.75. The first kappa shape index (κ1) is 16.9. The third-order valence-corrected chi connectivity index (χ3v) is 2.83. The van der Waals surface area contributed by atoms with Gasteiger partial charge < -0.3 is 20.8 Å². The monoisotopic (exact) mass is 314 g/mol. The molecule has 0 saturated heterocycles. The van der Waals surface area contributed by atoms with Crippen LogP contribution in [0.25, 0.3) is 0 Å². The highest BCUT2D eigenvalue weighted by atomic mass is 35.5. The van der Waals surface area contributed by atoms with Crippen molar-refractivity contribution in [1.82, 2.24) is 10.6 Å². The topological polar surface area (TPSA) is 116 Å². The Morgan fingerprint density at radius 1 is 1.24 bits per heavy atom. The molecule has 0 spiro atoms. The number of carbonyl (C=O) groups is 3. The Labute approximate surface area is 125 Å². The van der Waals surface area contributed by atoms with E-state index in [0.717, 1.165) is 0 Å². The van der Waals surface area contributed by atoms with Crippen LogP contribution < -0.4 is 10.6 Å². The molecule has 2 unspecified atom stereocenters. The molecule has 8 heteroatoms. The number of aliphatic carboxylic acids is 1. The Bertz CT molecular complexity index is 530. The number of hydrogen-bond acceptors (Lipinski definition) is 4. The fraction of sp³-hybridized carbons (Fsp3) is 0.308. The number of aliphatic hydroxyl groups is 1. The van der Waals surface area contributed by atoms with E-state index >= 15 is 0 Å². The van der Waals surface area contributed by atoms with E-state index in [4.69, 9.17) is 16.7 Å². The zero-order chi connectivity index (χ0) is 16.0. The molecule has 0 aliphatic carbocycles. The van der Waals surface area contributed by atoms with Gasteiger partial charge >= 0.3 is 5.97 Å². The quantitative estimate of drug-likeness (QED) is 0.591. The average Bonchev–Trinajstić information content (AvgIpc) is 2.42. The number of carbonyl (C=O) groups excluding carboxylic acids is 2. The van der Waals surface area contributed by atoms with Crippen LogP contribution in [0.5, 0.6) is 0 Å². The second kappa shape index (κ2) is 7.61. The summed E-state index contributed by atoms with van der Waals surface area (Å²) in [5.74, 6) is -2.57. The molecule has 114 valence electrons. The summed E-state index contributed by atoms with van der Waals surface area (Å²) in [5, 5.41) is 22.9. The van der Waals surface area contributed by atoms with Crippen LogP contribution in [0.15, 0.2) is 24.3 Å². The third kappa shape index (κ3) is 5.41. The van der Waals surface area contributed by atoms with E-state index in [1.54, 1.807) is 0 Å². The Morgan fingerprint density at radius 2 is 1.81 bits per heavy atom. The van der Waals surface area contributed by atoms with Crippen LogP contribution in [0.4, 0.5) is 0 Å². The molecule has 2 atom stereocenters. The predicted octanol–water partition coefficient (Wildman–Crippen LogP) is 0.0200. The molecule has 0 saturated carbocycles. The van der Waals surface area contributed by atoms with Gasteiger partial charge in [-0.3, -0.25) is 9.59 Å². The summed E-state index contributed by atoms with van der Waals surface area (Å²) >= 11 is 5.69. The number of halogens is 1. The molecule has 0 aliphatic heterocycles. The van der Waals surface area contributed by atoms with E-state index in [0.29, 0.717) is 10.6 Å². The van der Waals surface area contributed by atoms with E-state index in [1.165, 1.54) is 31.2 Å². The largest absolute Gasteiger partial charge is 0.480 e. The second-order valence-electron chi connectivity index (χ2n) is 4.31. The summed E-state index contributed by atoms with van der Waals surface area (Å²) in [7, 11) is 0. The summed E-state index contributed by atoms with van der Waals surface area (Å²) in [5.41, 5.74) is 0.317. The zero-order valence-corrected chi connectivity index (χ0v) is 11.9. The van der Waals surface area contributed by atoms with Gasteiger partial charge in [0.15, 0.2) is 6.04 Å². The molecule has 0 heterocycles. The maximum Gasteiger partial charge on any atom is 0.328 e. The zero-order valence-electron chi connectivity index (χ0n) is 11.2. The van der Waals surface area contributed by atoms with Crippen molar-refractivity contribution in [3.63, 3.8) is 0 Å².